The fourth-order valence-corrected chi connectivity index (χ4v) is 4.96. The van der Waals surface area contributed by atoms with Gasteiger partial charge in [-0.3, -0.25) is 4.79 Å². The molecule has 1 saturated heterocycles. The van der Waals surface area contributed by atoms with Crippen LogP contribution in [0.1, 0.15) is 40.8 Å². The van der Waals surface area contributed by atoms with Gasteiger partial charge in [-0.2, -0.15) is 4.98 Å². The zero-order valence-corrected chi connectivity index (χ0v) is 20.4. The average Bonchev–Trinajstić information content (AvgIpc) is 3.46. The summed E-state index contributed by atoms with van der Waals surface area (Å²) in [5, 5.41) is 9.55. The number of carbonyl (C=O) groups excluding carboxylic acids is 1. The molecule has 2 aromatic carbocycles. The number of hydrogen-bond acceptors (Lipinski definition) is 6. The molecular weight excluding hydrogens is 499 g/mol. The standard InChI is InChI=1S/C24H19Cl3N4O3/c1-13-19(21(29-33-13)20-17(26)7-4-8-18(20)27)24(32)31-11-9-14(10-12-31)23-28-22(30-34-23)15-5-2-3-6-16(15)25/h2-8,14H,9-12H2,1H3. The van der Waals surface area contributed by atoms with Crippen molar-refractivity contribution in [3.05, 3.63) is 74.7 Å². The Balaban J connectivity index is 1.33. The smallest absolute Gasteiger partial charge is 0.259 e. The molecule has 5 rings (SSSR count). The summed E-state index contributed by atoms with van der Waals surface area (Å²) in [7, 11) is 0. The van der Waals surface area contributed by atoms with Crippen LogP contribution in [0.15, 0.2) is 51.5 Å². The van der Waals surface area contributed by atoms with Gasteiger partial charge in [-0.25, -0.2) is 0 Å². The van der Waals surface area contributed by atoms with Crippen LogP contribution in [0, 0.1) is 6.92 Å². The summed E-state index contributed by atoms with van der Waals surface area (Å²) in [4.78, 5) is 19.8. The van der Waals surface area contributed by atoms with Gasteiger partial charge in [-0.05, 0) is 44.0 Å². The van der Waals surface area contributed by atoms with Crippen molar-refractivity contribution in [1.29, 1.82) is 0 Å². The Bertz CT molecular complexity index is 1340. The number of piperidine rings is 1. The molecule has 10 heteroatoms. The van der Waals surface area contributed by atoms with Gasteiger partial charge in [-0.1, -0.05) is 63.3 Å². The topological polar surface area (TPSA) is 85.3 Å². The minimum atomic E-state index is -0.175. The van der Waals surface area contributed by atoms with Gasteiger partial charge in [0.25, 0.3) is 5.91 Å². The Labute approximate surface area is 210 Å². The summed E-state index contributed by atoms with van der Waals surface area (Å²) < 4.78 is 10.9. The summed E-state index contributed by atoms with van der Waals surface area (Å²) >= 11 is 19.0. The van der Waals surface area contributed by atoms with Gasteiger partial charge in [0.1, 0.15) is 17.0 Å². The second-order valence-corrected chi connectivity index (χ2v) is 9.28. The minimum absolute atomic E-state index is 0.0499. The van der Waals surface area contributed by atoms with E-state index in [0.29, 0.717) is 75.3 Å². The van der Waals surface area contributed by atoms with Crippen molar-refractivity contribution in [2.24, 2.45) is 0 Å². The highest BCUT2D eigenvalue weighted by molar-refractivity contribution is 6.39. The Morgan fingerprint density at radius 3 is 2.32 bits per heavy atom. The first kappa shape index (κ1) is 22.9. The van der Waals surface area contributed by atoms with Gasteiger partial charge >= 0.3 is 0 Å². The van der Waals surface area contributed by atoms with Gasteiger partial charge in [0.15, 0.2) is 0 Å². The Kier molecular flexibility index (Phi) is 6.34. The van der Waals surface area contributed by atoms with E-state index in [2.05, 4.69) is 15.3 Å². The van der Waals surface area contributed by atoms with Crippen molar-refractivity contribution >= 4 is 40.7 Å². The van der Waals surface area contributed by atoms with Crippen LogP contribution in [0.4, 0.5) is 0 Å². The predicted octanol–water partition coefficient (Wildman–Crippen LogP) is 6.68. The molecule has 1 aliphatic rings. The molecule has 0 bridgehead atoms. The van der Waals surface area contributed by atoms with Crippen LogP contribution in [0.25, 0.3) is 22.6 Å². The molecule has 0 radical (unpaired) electrons. The van der Waals surface area contributed by atoms with Crippen molar-refractivity contribution in [2.45, 2.75) is 25.7 Å². The van der Waals surface area contributed by atoms with Crippen LogP contribution in [-0.4, -0.2) is 39.2 Å². The molecule has 1 amide bonds. The molecular formula is C24H19Cl3N4O3. The molecule has 4 aromatic rings. The molecule has 34 heavy (non-hydrogen) atoms. The van der Waals surface area contributed by atoms with Gasteiger partial charge < -0.3 is 13.9 Å². The number of carbonyl (C=O) groups is 1. The van der Waals surface area contributed by atoms with E-state index in [1.165, 1.54) is 0 Å². The van der Waals surface area contributed by atoms with Crippen molar-refractivity contribution in [3.8, 4) is 22.6 Å². The maximum absolute atomic E-state index is 13.4. The van der Waals surface area contributed by atoms with E-state index >= 15 is 0 Å². The van der Waals surface area contributed by atoms with Crippen molar-refractivity contribution in [1.82, 2.24) is 20.2 Å². The molecule has 7 nitrogen and oxygen atoms in total. The molecule has 2 aromatic heterocycles. The zero-order valence-electron chi connectivity index (χ0n) is 18.1. The summed E-state index contributed by atoms with van der Waals surface area (Å²) in [6.45, 7) is 2.75. The Hall–Kier alpha value is -2.87. The molecule has 0 spiro atoms. The van der Waals surface area contributed by atoms with E-state index in [4.69, 9.17) is 43.8 Å². The van der Waals surface area contributed by atoms with E-state index < -0.39 is 0 Å². The second kappa shape index (κ2) is 9.41. The lowest BCUT2D eigenvalue weighted by molar-refractivity contribution is 0.0703. The molecule has 3 heterocycles. The maximum atomic E-state index is 13.4. The molecule has 0 unspecified atom stereocenters. The number of aromatic nitrogens is 3. The number of hydrogen-bond donors (Lipinski definition) is 0. The van der Waals surface area contributed by atoms with Crippen molar-refractivity contribution in [2.75, 3.05) is 13.1 Å². The number of nitrogens with zero attached hydrogens (tertiary/aromatic N) is 4. The summed E-state index contributed by atoms with van der Waals surface area (Å²) in [5.41, 5.74) is 1.92. The van der Waals surface area contributed by atoms with Crippen LogP contribution in [-0.2, 0) is 0 Å². The fraction of sp³-hybridized carbons (Fsp3) is 0.250. The first-order valence-electron chi connectivity index (χ1n) is 10.7. The molecule has 1 fully saturated rings. The van der Waals surface area contributed by atoms with Crippen LogP contribution in [0.5, 0.6) is 0 Å². The van der Waals surface area contributed by atoms with Crippen molar-refractivity contribution in [3.63, 3.8) is 0 Å². The van der Waals surface area contributed by atoms with E-state index in [1.54, 1.807) is 36.1 Å². The number of rotatable bonds is 4. The summed E-state index contributed by atoms with van der Waals surface area (Å²) in [5.74, 6) is 1.30. The minimum Gasteiger partial charge on any atom is -0.360 e. The third kappa shape index (κ3) is 4.19. The highest BCUT2D eigenvalue weighted by atomic mass is 35.5. The van der Waals surface area contributed by atoms with Gasteiger partial charge in [0.2, 0.25) is 11.7 Å². The molecule has 0 saturated carbocycles. The van der Waals surface area contributed by atoms with Crippen LogP contribution >= 0.6 is 34.8 Å². The predicted molar refractivity (Wildman–Crippen MR) is 129 cm³/mol. The van der Waals surface area contributed by atoms with E-state index in [1.807, 2.05) is 18.2 Å². The van der Waals surface area contributed by atoms with Gasteiger partial charge in [-0.15, -0.1) is 0 Å². The summed E-state index contributed by atoms with van der Waals surface area (Å²) in [6, 6.07) is 12.5. The third-order valence-corrected chi connectivity index (χ3v) is 6.92. The highest BCUT2D eigenvalue weighted by Crippen LogP contribution is 2.38. The normalized spacial score (nSPS) is 14.5. The largest absolute Gasteiger partial charge is 0.360 e. The van der Waals surface area contributed by atoms with Gasteiger partial charge in [0.05, 0.1) is 15.1 Å². The molecule has 0 aliphatic carbocycles. The number of amides is 1. The van der Waals surface area contributed by atoms with Crippen LogP contribution < -0.4 is 0 Å². The molecule has 0 atom stereocenters. The number of halogens is 3. The first-order valence-corrected chi connectivity index (χ1v) is 11.9. The van der Waals surface area contributed by atoms with Crippen LogP contribution in [0.2, 0.25) is 15.1 Å². The van der Waals surface area contributed by atoms with E-state index in [9.17, 15) is 4.79 Å². The Morgan fingerprint density at radius 1 is 0.941 bits per heavy atom. The highest BCUT2D eigenvalue weighted by Gasteiger charge is 2.32. The lowest BCUT2D eigenvalue weighted by Crippen LogP contribution is -2.38. The maximum Gasteiger partial charge on any atom is 0.259 e. The molecule has 1 aliphatic heterocycles. The molecule has 174 valence electrons. The van der Waals surface area contributed by atoms with Gasteiger partial charge in [0, 0.05) is 30.1 Å². The van der Waals surface area contributed by atoms with Crippen molar-refractivity contribution < 1.29 is 13.8 Å². The zero-order chi connectivity index (χ0) is 23.8. The third-order valence-electron chi connectivity index (χ3n) is 5.96. The number of aryl methyl sites for hydroxylation is 1. The quantitative estimate of drug-likeness (QED) is 0.300. The number of benzene rings is 2. The van der Waals surface area contributed by atoms with Crippen LogP contribution in [0.3, 0.4) is 0 Å². The monoisotopic (exact) mass is 516 g/mol. The Morgan fingerprint density at radius 2 is 1.62 bits per heavy atom. The summed E-state index contributed by atoms with van der Waals surface area (Å²) in [6.07, 6.45) is 1.37. The average molecular weight is 518 g/mol. The lowest BCUT2D eigenvalue weighted by Gasteiger charge is -2.30. The van der Waals surface area contributed by atoms with E-state index in [-0.39, 0.29) is 11.8 Å². The second-order valence-electron chi connectivity index (χ2n) is 8.06. The fourth-order valence-electron chi connectivity index (χ4n) is 4.16. The lowest BCUT2D eigenvalue weighted by atomic mass is 9.95. The number of likely N-dealkylation sites (tertiary alicyclic amines) is 1. The van der Waals surface area contributed by atoms with E-state index in [0.717, 1.165) is 5.56 Å². The first-order chi connectivity index (χ1) is 16.4. The SMILES string of the molecule is Cc1onc(-c2c(Cl)cccc2Cl)c1C(=O)N1CCC(c2nc(-c3ccccc3Cl)no2)CC1. The molecule has 0 N–H and O–H groups in total.